The lowest BCUT2D eigenvalue weighted by molar-refractivity contribution is -0.140. The van der Waals surface area contributed by atoms with Crippen molar-refractivity contribution in [3.05, 3.63) is 59.2 Å². The monoisotopic (exact) mass is 284 g/mol. The average molecular weight is 284 g/mol. The van der Waals surface area contributed by atoms with Crippen LogP contribution >= 0.6 is 0 Å². The molecule has 0 bridgehead atoms. The Morgan fingerprint density at radius 3 is 2.45 bits per heavy atom. The number of anilines is 1. The molecule has 0 saturated heterocycles. The van der Waals surface area contributed by atoms with E-state index in [0.29, 0.717) is 6.07 Å². The molecule has 0 spiro atoms. The molecule has 0 unspecified atom stereocenters. The summed E-state index contributed by atoms with van der Waals surface area (Å²) in [5, 5.41) is 0. The second kappa shape index (κ2) is 4.92. The minimum Gasteiger partial charge on any atom is -0.398 e. The maximum Gasteiger partial charge on any atom is 0.419 e. The minimum atomic E-state index is -4.87. The number of carbonyl (C=O) groups is 1. The zero-order valence-electron chi connectivity index (χ0n) is 9.91. The van der Waals surface area contributed by atoms with Gasteiger partial charge in [-0.2, -0.15) is 13.2 Å². The van der Waals surface area contributed by atoms with Gasteiger partial charge in [-0.05, 0) is 18.2 Å². The van der Waals surface area contributed by atoms with Gasteiger partial charge in [0.15, 0.2) is 5.78 Å². The Morgan fingerprint density at radius 1 is 1.15 bits per heavy atom. The smallest absolute Gasteiger partial charge is 0.398 e. The molecule has 20 heavy (non-hydrogen) atoms. The summed E-state index contributed by atoms with van der Waals surface area (Å²) in [7, 11) is 0. The van der Waals surface area contributed by atoms with E-state index < -0.39 is 28.9 Å². The van der Waals surface area contributed by atoms with Gasteiger partial charge in [-0.25, -0.2) is 4.39 Å². The van der Waals surface area contributed by atoms with E-state index in [0.717, 1.165) is 18.3 Å². The van der Waals surface area contributed by atoms with E-state index in [-0.39, 0.29) is 11.3 Å². The summed E-state index contributed by atoms with van der Waals surface area (Å²) in [6.45, 7) is 0. The number of alkyl halides is 3. The van der Waals surface area contributed by atoms with Crippen molar-refractivity contribution in [2.45, 2.75) is 6.18 Å². The molecule has 2 aromatic rings. The van der Waals surface area contributed by atoms with E-state index in [1.807, 2.05) is 0 Å². The molecule has 0 amide bonds. The van der Waals surface area contributed by atoms with Crippen molar-refractivity contribution < 1.29 is 22.4 Å². The number of carbonyl (C=O) groups excluding carboxylic acids is 1. The summed E-state index contributed by atoms with van der Waals surface area (Å²) >= 11 is 0. The third-order valence-corrected chi connectivity index (χ3v) is 2.65. The van der Waals surface area contributed by atoms with E-state index in [9.17, 15) is 22.4 Å². The maximum absolute atomic E-state index is 13.8. The largest absolute Gasteiger partial charge is 0.419 e. The van der Waals surface area contributed by atoms with Crippen LogP contribution in [-0.4, -0.2) is 10.8 Å². The summed E-state index contributed by atoms with van der Waals surface area (Å²) in [6.07, 6.45) is -2.48. The van der Waals surface area contributed by atoms with Gasteiger partial charge < -0.3 is 5.73 Å². The van der Waals surface area contributed by atoms with Gasteiger partial charge in [0.1, 0.15) is 5.82 Å². The Balaban J connectivity index is 2.55. The van der Waals surface area contributed by atoms with Crippen LogP contribution in [-0.2, 0) is 6.18 Å². The first-order chi connectivity index (χ1) is 9.32. The molecule has 0 radical (unpaired) electrons. The van der Waals surface area contributed by atoms with Gasteiger partial charge in [0.25, 0.3) is 0 Å². The number of nitrogens with zero attached hydrogens (tertiary/aromatic N) is 1. The second-order valence-corrected chi connectivity index (χ2v) is 3.96. The lowest BCUT2D eigenvalue weighted by Gasteiger charge is -2.11. The number of pyridine rings is 1. The van der Waals surface area contributed by atoms with Crippen molar-refractivity contribution in [1.29, 1.82) is 0 Å². The van der Waals surface area contributed by atoms with Gasteiger partial charge in [-0.1, -0.05) is 6.07 Å². The average Bonchev–Trinajstić information content (AvgIpc) is 2.37. The zero-order valence-corrected chi connectivity index (χ0v) is 9.91. The van der Waals surface area contributed by atoms with Crippen LogP contribution in [0.3, 0.4) is 0 Å². The van der Waals surface area contributed by atoms with Crippen LogP contribution in [0.4, 0.5) is 23.2 Å². The molecule has 0 atom stereocenters. The molecule has 0 aliphatic rings. The number of hydrogen-bond acceptors (Lipinski definition) is 3. The first kappa shape index (κ1) is 14.0. The van der Waals surface area contributed by atoms with E-state index in [1.165, 1.54) is 12.3 Å². The van der Waals surface area contributed by atoms with Crippen LogP contribution in [0, 0.1) is 5.82 Å². The van der Waals surface area contributed by atoms with Crippen molar-refractivity contribution in [2.24, 2.45) is 0 Å². The van der Waals surface area contributed by atoms with Crippen molar-refractivity contribution in [3.8, 4) is 0 Å². The van der Waals surface area contributed by atoms with Crippen LogP contribution < -0.4 is 5.73 Å². The normalized spacial score (nSPS) is 11.4. The number of aromatic nitrogens is 1. The lowest BCUT2D eigenvalue weighted by Crippen LogP contribution is -2.14. The number of rotatable bonds is 2. The highest BCUT2D eigenvalue weighted by atomic mass is 19.4. The summed E-state index contributed by atoms with van der Waals surface area (Å²) in [5.74, 6) is -2.56. The number of nitrogen functional groups attached to an aromatic ring is 1. The first-order valence-electron chi connectivity index (χ1n) is 5.42. The van der Waals surface area contributed by atoms with Crippen molar-refractivity contribution in [3.63, 3.8) is 0 Å². The Kier molecular flexibility index (Phi) is 3.44. The number of halogens is 4. The fourth-order valence-electron chi connectivity index (χ4n) is 1.67. The molecule has 0 aliphatic carbocycles. The van der Waals surface area contributed by atoms with Gasteiger partial charge in [-0.15, -0.1) is 0 Å². The Labute approximate surface area is 111 Å². The Morgan fingerprint density at radius 2 is 1.85 bits per heavy atom. The predicted octanol–water partition coefficient (Wildman–Crippen LogP) is 3.05. The van der Waals surface area contributed by atoms with Crippen LogP contribution in [0.1, 0.15) is 21.5 Å². The molecule has 0 aliphatic heterocycles. The molecule has 0 fully saturated rings. The van der Waals surface area contributed by atoms with Crippen LogP contribution in [0.2, 0.25) is 0 Å². The third-order valence-electron chi connectivity index (χ3n) is 2.65. The van der Waals surface area contributed by atoms with E-state index in [4.69, 9.17) is 5.73 Å². The highest BCUT2D eigenvalue weighted by Crippen LogP contribution is 2.33. The molecule has 2 rings (SSSR count). The molecule has 3 nitrogen and oxygen atoms in total. The van der Waals surface area contributed by atoms with E-state index >= 15 is 0 Å². The summed E-state index contributed by atoms with van der Waals surface area (Å²) in [6, 6.07) is 3.81. The third kappa shape index (κ3) is 2.47. The van der Waals surface area contributed by atoms with Crippen molar-refractivity contribution >= 4 is 11.5 Å². The second-order valence-electron chi connectivity index (χ2n) is 3.96. The lowest BCUT2D eigenvalue weighted by atomic mass is 10.0. The summed E-state index contributed by atoms with van der Waals surface area (Å²) < 4.78 is 51.6. The molecule has 2 N–H and O–H groups in total. The SMILES string of the molecule is Nc1ccncc1C(=O)c1cccc(C(F)(F)F)c1F. The predicted molar refractivity (Wildman–Crippen MR) is 63.5 cm³/mol. The summed E-state index contributed by atoms with van der Waals surface area (Å²) in [4.78, 5) is 15.7. The zero-order chi connectivity index (χ0) is 14.9. The van der Waals surface area contributed by atoms with E-state index in [2.05, 4.69) is 4.98 Å². The molecule has 1 aromatic carbocycles. The van der Waals surface area contributed by atoms with Crippen molar-refractivity contribution in [2.75, 3.05) is 5.73 Å². The molecule has 104 valence electrons. The van der Waals surface area contributed by atoms with Gasteiger partial charge in [0, 0.05) is 18.1 Å². The standard InChI is InChI=1S/C13H8F4N2O/c14-11-7(2-1-3-9(11)13(15,16)17)12(20)8-6-19-5-4-10(8)18/h1-6H,(H2,18,19). The minimum absolute atomic E-state index is 0.0156. The first-order valence-corrected chi connectivity index (χ1v) is 5.42. The fraction of sp³-hybridized carbons (Fsp3) is 0.0769. The molecular weight excluding hydrogens is 276 g/mol. The van der Waals surface area contributed by atoms with Crippen molar-refractivity contribution in [1.82, 2.24) is 4.98 Å². The van der Waals surface area contributed by atoms with Gasteiger partial charge >= 0.3 is 6.18 Å². The number of nitrogens with two attached hydrogens (primary N) is 1. The van der Waals surface area contributed by atoms with Crippen LogP contribution in [0.25, 0.3) is 0 Å². The fourth-order valence-corrected chi connectivity index (χ4v) is 1.67. The number of benzene rings is 1. The maximum atomic E-state index is 13.8. The summed E-state index contributed by atoms with van der Waals surface area (Å²) in [5.41, 5.74) is 3.21. The Bertz CT molecular complexity index is 668. The highest BCUT2D eigenvalue weighted by molar-refractivity contribution is 6.12. The topological polar surface area (TPSA) is 56.0 Å². The van der Waals surface area contributed by atoms with Crippen LogP contribution in [0.15, 0.2) is 36.7 Å². The molecule has 0 saturated carbocycles. The van der Waals surface area contributed by atoms with Crippen LogP contribution in [0.5, 0.6) is 0 Å². The Hall–Kier alpha value is -2.44. The van der Waals surface area contributed by atoms with Gasteiger partial charge in [0.2, 0.25) is 0 Å². The number of ketones is 1. The quantitative estimate of drug-likeness (QED) is 0.681. The van der Waals surface area contributed by atoms with Gasteiger partial charge in [-0.3, -0.25) is 9.78 Å². The molecule has 7 heteroatoms. The van der Waals surface area contributed by atoms with E-state index in [1.54, 1.807) is 0 Å². The molecular formula is C13H8F4N2O. The van der Waals surface area contributed by atoms with Gasteiger partial charge in [0.05, 0.1) is 16.7 Å². The number of hydrogen-bond donors (Lipinski definition) is 1. The molecule has 1 heterocycles. The molecule has 1 aromatic heterocycles. The highest BCUT2D eigenvalue weighted by Gasteiger charge is 2.35.